The quantitative estimate of drug-likeness (QED) is 0.608. The standard InChI is InChI=1S/C21H21F2N5O2S/c1-30-12-9-13(22)17(14(23)10-12)21-27-18(19(24)31-21)20(29)26-15-11-25-6-5-16(15)28-7-3-2-4-8-28/h5-6,9-11H,2-4,7-8,24H2,1H3,(H,26,29). The molecule has 1 aromatic carbocycles. The number of benzene rings is 1. The van der Waals surface area contributed by atoms with Gasteiger partial charge < -0.3 is 20.7 Å². The lowest BCUT2D eigenvalue weighted by Crippen LogP contribution is -2.30. The van der Waals surface area contributed by atoms with Crippen LogP contribution in [0.4, 0.5) is 25.2 Å². The van der Waals surface area contributed by atoms with Crippen LogP contribution in [0.15, 0.2) is 30.6 Å². The molecule has 1 amide bonds. The van der Waals surface area contributed by atoms with Crippen molar-refractivity contribution < 1.29 is 18.3 Å². The van der Waals surface area contributed by atoms with Crippen LogP contribution in [0.5, 0.6) is 5.75 Å². The Morgan fingerprint density at radius 2 is 1.94 bits per heavy atom. The number of ether oxygens (including phenoxy) is 1. The number of nitrogens with two attached hydrogens (primary N) is 1. The third-order valence-electron chi connectivity index (χ3n) is 5.08. The number of amides is 1. The van der Waals surface area contributed by atoms with E-state index in [4.69, 9.17) is 10.5 Å². The number of rotatable bonds is 5. The van der Waals surface area contributed by atoms with E-state index in [1.165, 1.54) is 13.5 Å². The van der Waals surface area contributed by atoms with Crippen LogP contribution in [0, 0.1) is 11.6 Å². The monoisotopic (exact) mass is 445 g/mol. The van der Waals surface area contributed by atoms with Crippen LogP contribution < -0.4 is 20.7 Å². The molecule has 3 aromatic rings. The van der Waals surface area contributed by atoms with Gasteiger partial charge in [0.1, 0.15) is 27.4 Å². The van der Waals surface area contributed by atoms with Crippen LogP contribution in [-0.4, -0.2) is 36.1 Å². The summed E-state index contributed by atoms with van der Waals surface area (Å²) >= 11 is 0.839. The lowest BCUT2D eigenvalue weighted by atomic mass is 10.1. The molecule has 0 unspecified atom stereocenters. The molecular weight excluding hydrogens is 424 g/mol. The Balaban J connectivity index is 1.61. The fraction of sp³-hybridized carbons (Fsp3) is 0.286. The van der Waals surface area contributed by atoms with E-state index in [2.05, 4.69) is 20.2 Å². The Kier molecular flexibility index (Phi) is 5.99. The van der Waals surface area contributed by atoms with Crippen molar-refractivity contribution in [2.45, 2.75) is 19.3 Å². The lowest BCUT2D eigenvalue weighted by molar-refractivity contribution is 0.102. The van der Waals surface area contributed by atoms with Gasteiger partial charge in [0.2, 0.25) is 0 Å². The van der Waals surface area contributed by atoms with Crippen molar-refractivity contribution in [2.75, 3.05) is 36.1 Å². The smallest absolute Gasteiger partial charge is 0.277 e. The summed E-state index contributed by atoms with van der Waals surface area (Å²) in [6, 6.07) is 3.95. The molecule has 0 atom stereocenters. The third kappa shape index (κ3) is 4.29. The Morgan fingerprint density at radius 1 is 1.23 bits per heavy atom. The van der Waals surface area contributed by atoms with Crippen LogP contribution in [0.1, 0.15) is 29.8 Å². The van der Waals surface area contributed by atoms with E-state index in [1.54, 1.807) is 12.4 Å². The van der Waals surface area contributed by atoms with Gasteiger partial charge in [-0.25, -0.2) is 13.8 Å². The first kappa shape index (κ1) is 21.0. The van der Waals surface area contributed by atoms with Gasteiger partial charge in [-0.1, -0.05) is 11.3 Å². The molecule has 4 rings (SSSR count). The number of hydrogen-bond acceptors (Lipinski definition) is 7. The number of hydrogen-bond donors (Lipinski definition) is 2. The number of carbonyl (C=O) groups is 1. The Bertz CT molecular complexity index is 1090. The number of halogens is 2. The first-order valence-corrected chi connectivity index (χ1v) is 10.6. The zero-order chi connectivity index (χ0) is 22.0. The van der Waals surface area contributed by atoms with Gasteiger partial charge in [-0.05, 0) is 25.3 Å². The molecule has 2 aromatic heterocycles. The van der Waals surface area contributed by atoms with Crippen molar-refractivity contribution in [2.24, 2.45) is 0 Å². The van der Waals surface area contributed by atoms with Gasteiger partial charge in [-0.3, -0.25) is 9.78 Å². The average molecular weight is 445 g/mol. The summed E-state index contributed by atoms with van der Waals surface area (Å²) in [5.74, 6) is -2.22. The van der Waals surface area contributed by atoms with Gasteiger partial charge in [0.15, 0.2) is 5.69 Å². The molecule has 1 aliphatic rings. The predicted octanol–water partition coefficient (Wildman–Crippen LogP) is 4.32. The minimum Gasteiger partial charge on any atom is -0.497 e. The molecule has 10 heteroatoms. The largest absolute Gasteiger partial charge is 0.497 e. The first-order valence-electron chi connectivity index (χ1n) is 9.78. The maximum Gasteiger partial charge on any atom is 0.277 e. The molecule has 7 nitrogen and oxygen atoms in total. The maximum absolute atomic E-state index is 14.4. The van der Waals surface area contributed by atoms with Crippen LogP contribution >= 0.6 is 11.3 Å². The highest BCUT2D eigenvalue weighted by molar-refractivity contribution is 7.19. The molecule has 3 heterocycles. The van der Waals surface area contributed by atoms with Crippen molar-refractivity contribution in [1.29, 1.82) is 0 Å². The van der Waals surface area contributed by atoms with E-state index in [0.29, 0.717) is 5.69 Å². The highest BCUT2D eigenvalue weighted by atomic mass is 32.1. The summed E-state index contributed by atoms with van der Waals surface area (Å²) in [5.41, 5.74) is 6.92. The van der Waals surface area contributed by atoms with Crippen molar-refractivity contribution in [3.63, 3.8) is 0 Å². The summed E-state index contributed by atoms with van der Waals surface area (Å²) in [5, 5.41) is 2.83. The number of piperidine rings is 1. The Morgan fingerprint density at radius 3 is 2.61 bits per heavy atom. The van der Waals surface area contributed by atoms with Gasteiger partial charge in [0.25, 0.3) is 5.91 Å². The van der Waals surface area contributed by atoms with E-state index in [-0.39, 0.29) is 27.0 Å². The minimum atomic E-state index is -0.850. The summed E-state index contributed by atoms with van der Waals surface area (Å²) in [6.07, 6.45) is 6.58. The van der Waals surface area contributed by atoms with Gasteiger partial charge in [0, 0.05) is 31.4 Å². The van der Waals surface area contributed by atoms with E-state index in [1.807, 2.05) is 6.07 Å². The van der Waals surface area contributed by atoms with Gasteiger partial charge >= 0.3 is 0 Å². The first-order chi connectivity index (χ1) is 15.0. The van der Waals surface area contributed by atoms with Gasteiger partial charge in [-0.15, -0.1) is 0 Å². The van der Waals surface area contributed by atoms with E-state index < -0.39 is 17.5 Å². The fourth-order valence-corrected chi connectivity index (χ4v) is 4.43. The number of nitrogens with zero attached hydrogens (tertiary/aromatic N) is 3. The van der Waals surface area contributed by atoms with Crippen LogP contribution in [0.25, 0.3) is 10.6 Å². The predicted molar refractivity (Wildman–Crippen MR) is 117 cm³/mol. The average Bonchev–Trinajstić information content (AvgIpc) is 3.15. The van der Waals surface area contributed by atoms with Gasteiger partial charge in [-0.2, -0.15) is 0 Å². The van der Waals surface area contributed by atoms with Crippen LogP contribution in [0.2, 0.25) is 0 Å². The Labute approximate surface area is 181 Å². The Hall–Kier alpha value is -3.27. The molecule has 0 aliphatic carbocycles. The molecule has 1 saturated heterocycles. The zero-order valence-electron chi connectivity index (χ0n) is 16.8. The molecule has 3 N–H and O–H groups in total. The molecule has 31 heavy (non-hydrogen) atoms. The van der Waals surface area contributed by atoms with Crippen molar-refractivity contribution in [3.8, 4) is 16.3 Å². The number of nitrogens with one attached hydrogen (secondary N) is 1. The topological polar surface area (TPSA) is 93.4 Å². The second-order valence-corrected chi connectivity index (χ2v) is 8.12. The second-order valence-electron chi connectivity index (χ2n) is 7.09. The SMILES string of the molecule is COc1cc(F)c(-c2nc(C(=O)Nc3cnccc3N3CCCCC3)c(N)s2)c(F)c1. The van der Waals surface area contributed by atoms with Crippen molar-refractivity contribution in [1.82, 2.24) is 9.97 Å². The number of carbonyl (C=O) groups excluding carboxylic acids is 1. The third-order valence-corrected chi connectivity index (χ3v) is 5.98. The number of aromatic nitrogens is 2. The van der Waals surface area contributed by atoms with Gasteiger partial charge in [0.05, 0.1) is 30.2 Å². The fourth-order valence-electron chi connectivity index (χ4n) is 3.55. The lowest BCUT2D eigenvalue weighted by Gasteiger charge is -2.30. The van der Waals surface area contributed by atoms with E-state index in [0.717, 1.165) is 55.1 Å². The van der Waals surface area contributed by atoms with Crippen LogP contribution in [0.3, 0.4) is 0 Å². The summed E-state index contributed by atoms with van der Waals surface area (Å²) in [7, 11) is 1.31. The van der Waals surface area contributed by atoms with Crippen molar-refractivity contribution >= 4 is 33.6 Å². The molecule has 0 saturated carbocycles. The summed E-state index contributed by atoms with van der Waals surface area (Å²) < 4.78 is 33.7. The highest BCUT2D eigenvalue weighted by Gasteiger charge is 2.24. The molecular formula is C21H21F2N5O2S. The normalized spacial score (nSPS) is 13.8. The second kappa shape index (κ2) is 8.84. The summed E-state index contributed by atoms with van der Waals surface area (Å²) in [4.78, 5) is 23.3. The van der Waals surface area contributed by atoms with E-state index >= 15 is 0 Å². The molecule has 0 radical (unpaired) electrons. The molecule has 1 fully saturated rings. The number of anilines is 3. The molecule has 0 spiro atoms. The van der Waals surface area contributed by atoms with E-state index in [9.17, 15) is 13.6 Å². The zero-order valence-corrected chi connectivity index (χ0v) is 17.6. The summed E-state index contributed by atoms with van der Waals surface area (Å²) in [6.45, 7) is 1.79. The number of pyridine rings is 1. The van der Waals surface area contributed by atoms with Crippen LogP contribution in [-0.2, 0) is 0 Å². The maximum atomic E-state index is 14.4. The molecule has 0 bridgehead atoms. The highest BCUT2D eigenvalue weighted by Crippen LogP contribution is 2.36. The number of thiazole rings is 1. The number of nitrogen functional groups attached to an aromatic ring is 1. The number of methoxy groups -OCH3 is 1. The van der Waals surface area contributed by atoms with Crippen molar-refractivity contribution in [3.05, 3.63) is 47.9 Å². The molecule has 1 aliphatic heterocycles. The minimum absolute atomic E-state index is 0.0252. The molecule has 162 valence electrons.